The zero-order chi connectivity index (χ0) is 27.2. The van der Waals surface area contributed by atoms with Crippen LogP contribution in [0.2, 0.25) is 0 Å². The van der Waals surface area contributed by atoms with E-state index in [1.54, 1.807) is 11.2 Å². The van der Waals surface area contributed by atoms with Crippen molar-refractivity contribution in [3.05, 3.63) is 78.4 Å². The van der Waals surface area contributed by atoms with E-state index in [0.717, 1.165) is 63.3 Å². The summed E-state index contributed by atoms with van der Waals surface area (Å²) in [5, 5.41) is 6.85. The number of nitrogens with zero attached hydrogens (tertiary/aromatic N) is 3. The Hall–Kier alpha value is -4.66. The van der Waals surface area contributed by atoms with Crippen molar-refractivity contribution < 1.29 is 14.3 Å². The summed E-state index contributed by atoms with van der Waals surface area (Å²) in [7, 11) is 0. The molecule has 0 saturated heterocycles. The fourth-order valence-corrected chi connectivity index (χ4v) is 4.70. The zero-order valence-electron chi connectivity index (χ0n) is 22.2. The Labute approximate surface area is 227 Å². The van der Waals surface area contributed by atoms with Crippen LogP contribution in [0.3, 0.4) is 0 Å². The molecule has 0 unspecified atom stereocenters. The number of anilines is 1. The number of aryl methyl sites for hydroxylation is 1. The van der Waals surface area contributed by atoms with E-state index in [9.17, 15) is 9.59 Å². The SMILES string of the molecule is CC(=O)NCCCOc1cccc(-c2cccc(NC(=O)N3CC=C(c4ncnc5[nH]cc(C)c45)CC3)c2)c1. The van der Waals surface area contributed by atoms with Gasteiger partial charge >= 0.3 is 6.03 Å². The molecule has 0 fully saturated rings. The third-order valence-corrected chi connectivity index (χ3v) is 6.71. The van der Waals surface area contributed by atoms with Gasteiger partial charge in [0.1, 0.15) is 17.7 Å². The molecule has 0 atom stereocenters. The van der Waals surface area contributed by atoms with E-state index in [4.69, 9.17) is 4.74 Å². The molecule has 0 aliphatic carbocycles. The van der Waals surface area contributed by atoms with Crippen LogP contribution in [0.25, 0.3) is 27.7 Å². The summed E-state index contributed by atoms with van der Waals surface area (Å²) in [4.78, 5) is 37.9. The fraction of sp³-hybridized carbons (Fsp3) is 0.267. The van der Waals surface area contributed by atoms with Gasteiger partial charge in [0, 0.05) is 43.8 Å². The van der Waals surface area contributed by atoms with Crippen molar-refractivity contribution in [1.82, 2.24) is 25.2 Å². The molecule has 9 heteroatoms. The van der Waals surface area contributed by atoms with Gasteiger partial charge < -0.3 is 25.3 Å². The number of hydrogen-bond donors (Lipinski definition) is 3. The van der Waals surface area contributed by atoms with Gasteiger partial charge in [0.15, 0.2) is 0 Å². The molecule has 1 aliphatic rings. The zero-order valence-corrected chi connectivity index (χ0v) is 22.2. The van der Waals surface area contributed by atoms with Crippen molar-refractivity contribution >= 4 is 34.2 Å². The van der Waals surface area contributed by atoms with E-state index in [-0.39, 0.29) is 11.9 Å². The Morgan fingerprint density at radius 2 is 1.92 bits per heavy atom. The lowest BCUT2D eigenvalue weighted by Gasteiger charge is -2.27. The second kappa shape index (κ2) is 11.8. The van der Waals surface area contributed by atoms with Crippen LogP contribution in [0.5, 0.6) is 5.75 Å². The highest BCUT2D eigenvalue weighted by molar-refractivity contribution is 5.93. The standard InChI is InChI=1S/C30H32N6O3/c1-20-18-32-29-27(20)28(33-19-34-29)22-10-13-36(14-11-22)30(38)35-25-8-3-6-23(16-25)24-7-4-9-26(17-24)39-15-5-12-31-21(2)37/h3-4,6-10,16-19H,5,11-15H2,1-2H3,(H,31,37)(H,35,38)(H,32,33,34). The summed E-state index contributed by atoms with van der Waals surface area (Å²) >= 11 is 0. The molecule has 4 aromatic rings. The molecule has 3 amide bonds. The van der Waals surface area contributed by atoms with Gasteiger partial charge in [-0.05, 0) is 66.3 Å². The molecule has 0 bridgehead atoms. The van der Waals surface area contributed by atoms with Crippen LogP contribution in [0.4, 0.5) is 10.5 Å². The Morgan fingerprint density at radius 1 is 1.10 bits per heavy atom. The largest absolute Gasteiger partial charge is 0.494 e. The van der Waals surface area contributed by atoms with Gasteiger partial charge in [-0.1, -0.05) is 30.3 Å². The molecule has 0 radical (unpaired) electrons. The Morgan fingerprint density at radius 3 is 2.72 bits per heavy atom. The molecule has 0 spiro atoms. The maximum Gasteiger partial charge on any atom is 0.322 e. The molecule has 2 aromatic carbocycles. The van der Waals surface area contributed by atoms with Crippen molar-refractivity contribution in [2.75, 3.05) is 31.6 Å². The number of amides is 3. The number of carbonyl (C=O) groups is 2. The smallest absolute Gasteiger partial charge is 0.322 e. The van der Waals surface area contributed by atoms with Crippen LogP contribution in [-0.4, -0.2) is 58.0 Å². The van der Waals surface area contributed by atoms with Crippen molar-refractivity contribution in [3.8, 4) is 16.9 Å². The quantitative estimate of drug-likeness (QED) is 0.276. The fourth-order valence-electron chi connectivity index (χ4n) is 4.70. The highest BCUT2D eigenvalue weighted by Crippen LogP contribution is 2.29. The van der Waals surface area contributed by atoms with Crippen LogP contribution in [0.15, 0.2) is 67.1 Å². The van der Waals surface area contributed by atoms with Crippen LogP contribution in [0, 0.1) is 6.92 Å². The van der Waals surface area contributed by atoms with E-state index in [0.29, 0.717) is 26.2 Å². The second-order valence-electron chi connectivity index (χ2n) is 9.57. The highest BCUT2D eigenvalue weighted by Gasteiger charge is 2.21. The first-order valence-electron chi connectivity index (χ1n) is 13.1. The summed E-state index contributed by atoms with van der Waals surface area (Å²) in [5.74, 6) is 0.720. The maximum absolute atomic E-state index is 13.1. The van der Waals surface area contributed by atoms with Crippen LogP contribution >= 0.6 is 0 Å². The van der Waals surface area contributed by atoms with E-state index in [2.05, 4.69) is 31.7 Å². The first-order chi connectivity index (χ1) is 19.0. The predicted molar refractivity (Wildman–Crippen MR) is 152 cm³/mol. The van der Waals surface area contributed by atoms with Crippen molar-refractivity contribution in [2.45, 2.75) is 26.7 Å². The van der Waals surface area contributed by atoms with E-state index >= 15 is 0 Å². The van der Waals surface area contributed by atoms with Gasteiger partial charge in [-0.2, -0.15) is 0 Å². The number of aromatic nitrogens is 3. The lowest BCUT2D eigenvalue weighted by Crippen LogP contribution is -2.38. The summed E-state index contributed by atoms with van der Waals surface area (Å²) in [6.45, 7) is 5.76. The summed E-state index contributed by atoms with van der Waals surface area (Å²) < 4.78 is 5.85. The van der Waals surface area contributed by atoms with E-state index in [1.165, 1.54) is 6.92 Å². The molecule has 0 saturated carbocycles. The number of rotatable bonds is 8. The third kappa shape index (κ3) is 6.26. The van der Waals surface area contributed by atoms with Crippen LogP contribution < -0.4 is 15.4 Å². The minimum atomic E-state index is -0.135. The molecule has 3 heterocycles. The maximum atomic E-state index is 13.1. The number of hydrogen-bond acceptors (Lipinski definition) is 5. The number of ether oxygens (including phenoxy) is 1. The Bertz CT molecular complexity index is 1530. The molecule has 39 heavy (non-hydrogen) atoms. The average molecular weight is 525 g/mol. The molecular weight excluding hydrogens is 492 g/mol. The lowest BCUT2D eigenvalue weighted by atomic mass is 10.0. The van der Waals surface area contributed by atoms with Crippen LogP contribution in [0.1, 0.15) is 31.0 Å². The van der Waals surface area contributed by atoms with E-state index < -0.39 is 0 Å². The number of nitrogens with one attached hydrogen (secondary N) is 3. The Balaban J connectivity index is 1.20. The highest BCUT2D eigenvalue weighted by atomic mass is 16.5. The number of benzene rings is 2. The lowest BCUT2D eigenvalue weighted by molar-refractivity contribution is -0.118. The van der Waals surface area contributed by atoms with Gasteiger partial charge in [0.2, 0.25) is 5.91 Å². The molecule has 2 aromatic heterocycles. The van der Waals surface area contributed by atoms with Crippen molar-refractivity contribution in [2.24, 2.45) is 0 Å². The van der Waals surface area contributed by atoms with Gasteiger partial charge in [0.25, 0.3) is 0 Å². The first kappa shape index (κ1) is 26.0. The van der Waals surface area contributed by atoms with Gasteiger partial charge in [-0.3, -0.25) is 4.79 Å². The number of H-pyrrole nitrogens is 1. The number of urea groups is 1. The molecular formula is C30H32N6O3. The van der Waals surface area contributed by atoms with Crippen molar-refractivity contribution in [1.29, 1.82) is 0 Å². The number of carbonyl (C=O) groups excluding carboxylic acids is 2. The minimum Gasteiger partial charge on any atom is -0.494 e. The average Bonchev–Trinajstić information content (AvgIpc) is 3.34. The summed E-state index contributed by atoms with van der Waals surface area (Å²) in [6.07, 6.45) is 7.06. The summed E-state index contributed by atoms with van der Waals surface area (Å²) in [5.41, 5.74) is 6.71. The normalized spacial score (nSPS) is 13.2. The number of fused-ring (bicyclic) bond motifs is 1. The minimum absolute atomic E-state index is 0.0407. The molecule has 3 N–H and O–H groups in total. The molecule has 1 aliphatic heterocycles. The Kier molecular flexibility index (Phi) is 7.86. The molecule has 9 nitrogen and oxygen atoms in total. The van der Waals surface area contributed by atoms with E-state index in [1.807, 2.05) is 61.7 Å². The van der Waals surface area contributed by atoms with Gasteiger partial charge in [-0.25, -0.2) is 14.8 Å². The number of aromatic amines is 1. The topological polar surface area (TPSA) is 112 Å². The second-order valence-corrected chi connectivity index (χ2v) is 9.57. The monoisotopic (exact) mass is 524 g/mol. The third-order valence-electron chi connectivity index (χ3n) is 6.71. The first-order valence-corrected chi connectivity index (χ1v) is 13.1. The van der Waals surface area contributed by atoms with Gasteiger partial charge in [0.05, 0.1) is 12.3 Å². The molecule has 5 rings (SSSR count). The summed E-state index contributed by atoms with van der Waals surface area (Å²) in [6, 6.07) is 15.5. The molecule has 200 valence electrons. The predicted octanol–water partition coefficient (Wildman–Crippen LogP) is 5.16. The van der Waals surface area contributed by atoms with Crippen LogP contribution in [-0.2, 0) is 4.79 Å². The van der Waals surface area contributed by atoms with Gasteiger partial charge in [-0.15, -0.1) is 0 Å². The van der Waals surface area contributed by atoms with Crippen molar-refractivity contribution in [3.63, 3.8) is 0 Å².